The van der Waals surface area contributed by atoms with Crippen LogP contribution in [-0.2, 0) is 0 Å². The number of ether oxygens (including phenoxy) is 1. The molecule has 2 rings (SSSR count). The van der Waals surface area contributed by atoms with Gasteiger partial charge in [0.2, 0.25) is 11.8 Å². The van der Waals surface area contributed by atoms with Crippen LogP contribution in [0.5, 0.6) is 5.88 Å². The van der Waals surface area contributed by atoms with Crippen LogP contribution in [0.2, 0.25) is 5.15 Å². The van der Waals surface area contributed by atoms with Crippen LogP contribution in [-0.4, -0.2) is 28.0 Å². The van der Waals surface area contributed by atoms with E-state index in [-0.39, 0.29) is 22.7 Å². The molecule has 0 unspecified atom stereocenters. The average Bonchev–Trinajstić information content (AvgIpc) is 2.39. The van der Waals surface area contributed by atoms with E-state index in [9.17, 15) is 4.79 Å². The SMILES string of the molecule is COc1cc(Cl)nc(NC(=O)c2ccccn2)n1. The molecule has 1 amide bonds. The third-order valence-electron chi connectivity index (χ3n) is 2.00. The molecule has 0 saturated carbocycles. The molecule has 0 spiro atoms. The van der Waals surface area contributed by atoms with Crippen LogP contribution in [0.1, 0.15) is 10.5 Å². The van der Waals surface area contributed by atoms with Gasteiger partial charge >= 0.3 is 0 Å². The molecule has 6 nitrogen and oxygen atoms in total. The predicted molar refractivity (Wildman–Crippen MR) is 65.8 cm³/mol. The largest absolute Gasteiger partial charge is 0.481 e. The summed E-state index contributed by atoms with van der Waals surface area (Å²) in [6.45, 7) is 0. The quantitative estimate of drug-likeness (QED) is 0.855. The Morgan fingerprint density at radius 1 is 1.39 bits per heavy atom. The van der Waals surface area contributed by atoms with Crippen molar-refractivity contribution in [2.75, 3.05) is 12.4 Å². The maximum Gasteiger partial charge on any atom is 0.276 e. The van der Waals surface area contributed by atoms with E-state index >= 15 is 0 Å². The number of pyridine rings is 1. The highest BCUT2D eigenvalue weighted by atomic mass is 35.5. The summed E-state index contributed by atoms with van der Waals surface area (Å²) in [5, 5.41) is 2.66. The van der Waals surface area contributed by atoms with Crippen LogP contribution in [0.4, 0.5) is 5.95 Å². The molecule has 2 aromatic heterocycles. The zero-order valence-electron chi connectivity index (χ0n) is 9.42. The van der Waals surface area contributed by atoms with E-state index in [1.165, 1.54) is 19.4 Å². The topological polar surface area (TPSA) is 77.0 Å². The second-order valence-electron chi connectivity index (χ2n) is 3.23. The lowest BCUT2D eigenvalue weighted by Gasteiger charge is -2.05. The van der Waals surface area contributed by atoms with Gasteiger partial charge in [-0.3, -0.25) is 15.1 Å². The molecular formula is C11H9ClN4O2. The Labute approximate surface area is 108 Å². The average molecular weight is 265 g/mol. The number of carbonyl (C=O) groups excluding carboxylic acids is 1. The highest BCUT2D eigenvalue weighted by Gasteiger charge is 2.10. The van der Waals surface area contributed by atoms with Gasteiger partial charge in [0.25, 0.3) is 5.91 Å². The minimum Gasteiger partial charge on any atom is -0.481 e. The normalized spacial score (nSPS) is 9.89. The number of nitrogens with one attached hydrogen (secondary N) is 1. The Hall–Kier alpha value is -2.21. The summed E-state index contributed by atoms with van der Waals surface area (Å²) in [6, 6.07) is 6.45. The lowest BCUT2D eigenvalue weighted by molar-refractivity contribution is 0.102. The molecule has 0 atom stereocenters. The highest BCUT2D eigenvalue weighted by Crippen LogP contribution is 2.15. The summed E-state index contributed by atoms with van der Waals surface area (Å²) in [7, 11) is 1.45. The third-order valence-corrected chi connectivity index (χ3v) is 2.20. The zero-order valence-corrected chi connectivity index (χ0v) is 10.2. The molecule has 2 heterocycles. The summed E-state index contributed by atoms with van der Waals surface area (Å²) >= 11 is 5.76. The Balaban J connectivity index is 2.19. The van der Waals surface area contributed by atoms with Crippen LogP contribution >= 0.6 is 11.6 Å². The number of rotatable bonds is 3. The van der Waals surface area contributed by atoms with Gasteiger partial charge in [-0.1, -0.05) is 17.7 Å². The minimum atomic E-state index is -0.417. The lowest BCUT2D eigenvalue weighted by Crippen LogP contribution is -2.15. The summed E-state index contributed by atoms with van der Waals surface area (Å²) in [5.74, 6) is -0.0822. The van der Waals surface area contributed by atoms with Crippen molar-refractivity contribution in [3.05, 3.63) is 41.3 Å². The van der Waals surface area contributed by atoms with E-state index in [2.05, 4.69) is 20.3 Å². The fourth-order valence-corrected chi connectivity index (χ4v) is 1.39. The van der Waals surface area contributed by atoms with Crippen molar-refractivity contribution in [1.29, 1.82) is 0 Å². The molecule has 2 aromatic rings. The van der Waals surface area contributed by atoms with Crippen molar-refractivity contribution in [3.63, 3.8) is 0 Å². The van der Waals surface area contributed by atoms with Gasteiger partial charge in [0.1, 0.15) is 10.8 Å². The van der Waals surface area contributed by atoms with Crippen LogP contribution in [0.3, 0.4) is 0 Å². The molecule has 0 aromatic carbocycles. The molecule has 0 aliphatic rings. The van der Waals surface area contributed by atoms with Crippen molar-refractivity contribution < 1.29 is 9.53 Å². The van der Waals surface area contributed by atoms with Gasteiger partial charge in [-0.25, -0.2) is 4.98 Å². The number of aromatic nitrogens is 3. The number of methoxy groups -OCH3 is 1. The van der Waals surface area contributed by atoms with Crippen molar-refractivity contribution in [1.82, 2.24) is 15.0 Å². The van der Waals surface area contributed by atoms with Gasteiger partial charge in [0.15, 0.2) is 0 Å². The minimum absolute atomic E-state index is 0.0648. The van der Waals surface area contributed by atoms with Crippen molar-refractivity contribution >= 4 is 23.5 Å². The second-order valence-corrected chi connectivity index (χ2v) is 3.61. The number of hydrogen-bond acceptors (Lipinski definition) is 5. The van der Waals surface area contributed by atoms with Gasteiger partial charge in [-0.05, 0) is 12.1 Å². The molecule has 0 saturated heterocycles. The predicted octanol–water partition coefficient (Wildman–Crippen LogP) is 1.79. The summed E-state index contributed by atoms with van der Waals surface area (Å²) in [5.41, 5.74) is 0.264. The van der Waals surface area contributed by atoms with E-state index in [1.807, 2.05) is 0 Å². The fraction of sp³-hybridized carbons (Fsp3) is 0.0909. The monoisotopic (exact) mass is 264 g/mol. The first-order valence-corrected chi connectivity index (χ1v) is 5.38. The highest BCUT2D eigenvalue weighted by molar-refractivity contribution is 6.29. The Morgan fingerprint density at radius 3 is 2.89 bits per heavy atom. The number of nitrogens with zero attached hydrogens (tertiary/aromatic N) is 3. The molecule has 0 fully saturated rings. The molecule has 1 N–H and O–H groups in total. The summed E-state index contributed by atoms with van der Waals surface area (Å²) < 4.78 is 4.92. The first kappa shape index (κ1) is 12.3. The number of halogens is 1. The van der Waals surface area contributed by atoms with E-state index in [1.54, 1.807) is 18.2 Å². The van der Waals surface area contributed by atoms with Crippen LogP contribution < -0.4 is 10.1 Å². The molecule has 0 radical (unpaired) electrons. The van der Waals surface area contributed by atoms with Gasteiger partial charge in [0, 0.05) is 12.3 Å². The van der Waals surface area contributed by atoms with Crippen LogP contribution in [0.15, 0.2) is 30.5 Å². The molecule has 0 aliphatic heterocycles. The van der Waals surface area contributed by atoms with Gasteiger partial charge in [-0.2, -0.15) is 4.98 Å². The Bertz CT molecular complexity index is 562. The molecule has 0 aliphatic carbocycles. The van der Waals surface area contributed by atoms with E-state index in [4.69, 9.17) is 16.3 Å². The Kier molecular flexibility index (Phi) is 3.69. The standard InChI is InChI=1S/C11H9ClN4O2/c1-18-9-6-8(12)14-11(15-9)16-10(17)7-4-2-3-5-13-7/h2-6H,1H3,(H,14,15,16,17). The molecule has 7 heteroatoms. The molecular weight excluding hydrogens is 256 g/mol. The first-order chi connectivity index (χ1) is 8.69. The molecule has 18 heavy (non-hydrogen) atoms. The number of carbonyl (C=O) groups is 1. The molecule has 0 bridgehead atoms. The van der Waals surface area contributed by atoms with Crippen molar-refractivity contribution in [2.45, 2.75) is 0 Å². The van der Waals surface area contributed by atoms with Crippen molar-refractivity contribution in [2.24, 2.45) is 0 Å². The number of amides is 1. The molecule has 92 valence electrons. The number of anilines is 1. The van der Waals surface area contributed by atoms with Crippen molar-refractivity contribution in [3.8, 4) is 5.88 Å². The zero-order chi connectivity index (χ0) is 13.0. The van der Waals surface area contributed by atoms with Crippen LogP contribution in [0, 0.1) is 0 Å². The van der Waals surface area contributed by atoms with E-state index in [0.717, 1.165) is 0 Å². The third kappa shape index (κ3) is 2.92. The lowest BCUT2D eigenvalue weighted by atomic mass is 10.3. The van der Waals surface area contributed by atoms with Gasteiger partial charge in [0.05, 0.1) is 7.11 Å². The Morgan fingerprint density at radius 2 is 2.22 bits per heavy atom. The first-order valence-electron chi connectivity index (χ1n) is 5.00. The second kappa shape index (κ2) is 5.42. The smallest absolute Gasteiger partial charge is 0.276 e. The fourth-order valence-electron chi connectivity index (χ4n) is 1.22. The van der Waals surface area contributed by atoms with Gasteiger partial charge < -0.3 is 4.74 Å². The maximum absolute atomic E-state index is 11.8. The summed E-state index contributed by atoms with van der Waals surface area (Å²) in [6.07, 6.45) is 1.52. The van der Waals surface area contributed by atoms with E-state index < -0.39 is 5.91 Å². The van der Waals surface area contributed by atoms with Crippen LogP contribution in [0.25, 0.3) is 0 Å². The van der Waals surface area contributed by atoms with E-state index in [0.29, 0.717) is 0 Å². The van der Waals surface area contributed by atoms with Gasteiger partial charge in [-0.15, -0.1) is 0 Å². The summed E-state index contributed by atoms with van der Waals surface area (Å²) in [4.78, 5) is 23.5. The number of hydrogen-bond donors (Lipinski definition) is 1. The maximum atomic E-state index is 11.8.